The van der Waals surface area contributed by atoms with E-state index in [2.05, 4.69) is 17.4 Å². The van der Waals surface area contributed by atoms with E-state index >= 15 is 0 Å². The number of rotatable bonds is 6. The zero-order valence-electron chi connectivity index (χ0n) is 9.38. The second-order valence-electron chi connectivity index (χ2n) is 4.71. The molecule has 2 nitrogen and oxygen atoms in total. The molecular weight excluding hydrogens is 222 g/mol. The monoisotopic (exact) mass is 239 g/mol. The van der Waals surface area contributed by atoms with E-state index in [1.165, 1.54) is 5.56 Å². The molecular formula is C13H18ClNO. The highest BCUT2D eigenvalue weighted by atomic mass is 35.5. The van der Waals surface area contributed by atoms with Crippen molar-refractivity contribution in [1.29, 1.82) is 0 Å². The van der Waals surface area contributed by atoms with Crippen molar-refractivity contribution < 1.29 is 5.11 Å². The van der Waals surface area contributed by atoms with Crippen molar-refractivity contribution >= 4 is 11.6 Å². The second-order valence-corrected chi connectivity index (χ2v) is 5.15. The van der Waals surface area contributed by atoms with Gasteiger partial charge in [-0.05, 0) is 43.5 Å². The van der Waals surface area contributed by atoms with E-state index < -0.39 is 0 Å². The normalized spacial score (nSPS) is 17.4. The Kier molecular flexibility index (Phi) is 3.85. The van der Waals surface area contributed by atoms with Crippen LogP contribution in [0.3, 0.4) is 0 Å². The van der Waals surface area contributed by atoms with E-state index in [1.54, 1.807) is 0 Å². The van der Waals surface area contributed by atoms with Gasteiger partial charge in [0.05, 0.1) is 0 Å². The largest absolute Gasteiger partial charge is 0.396 e. The molecule has 1 fully saturated rings. The van der Waals surface area contributed by atoms with Crippen molar-refractivity contribution in [3.05, 3.63) is 34.9 Å². The van der Waals surface area contributed by atoms with Crippen molar-refractivity contribution in [2.45, 2.75) is 19.3 Å². The molecule has 1 saturated carbocycles. The van der Waals surface area contributed by atoms with E-state index in [1.807, 2.05) is 12.1 Å². The molecule has 0 amide bonds. The van der Waals surface area contributed by atoms with E-state index in [-0.39, 0.29) is 5.41 Å². The van der Waals surface area contributed by atoms with Gasteiger partial charge in [-0.15, -0.1) is 0 Å². The third-order valence-corrected chi connectivity index (χ3v) is 3.55. The van der Waals surface area contributed by atoms with Crippen molar-refractivity contribution in [3.8, 4) is 0 Å². The topological polar surface area (TPSA) is 32.3 Å². The Morgan fingerprint density at radius 2 is 1.94 bits per heavy atom. The van der Waals surface area contributed by atoms with Crippen LogP contribution in [0.1, 0.15) is 18.4 Å². The molecule has 0 spiro atoms. The number of nitrogens with one attached hydrogen (secondary N) is 1. The molecule has 0 radical (unpaired) electrons. The van der Waals surface area contributed by atoms with Crippen LogP contribution < -0.4 is 5.32 Å². The lowest BCUT2D eigenvalue weighted by Crippen LogP contribution is -2.28. The van der Waals surface area contributed by atoms with Crippen LogP contribution in [0.25, 0.3) is 0 Å². The first-order valence-electron chi connectivity index (χ1n) is 5.80. The fourth-order valence-corrected chi connectivity index (χ4v) is 1.93. The first-order valence-corrected chi connectivity index (χ1v) is 6.18. The van der Waals surface area contributed by atoms with Crippen LogP contribution >= 0.6 is 11.6 Å². The number of hydrogen-bond acceptors (Lipinski definition) is 2. The summed E-state index contributed by atoms with van der Waals surface area (Å²) in [5.74, 6) is 0. The van der Waals surface area contributed by atoms with Crippen LogP contribution in [0.2, 0.25) is 5.02 Å². The van der Waals surface area contributed by atoms with E-state index in [4.69, 9.17) is 16.7 Å². The molecule has 1 aliphatic rings. The second kappa shape index (κ2) is 5.17. The van der Waals surface area contributed by atoms with Gasteiger partial charge in [-0.2, -0.15) is 0 Å². The van der Waals surface area contributed by atoms with Crippen molar-refractivity contribution in [3.63, 3.8) is 0 Å². The highest BCUT2D eigenvalue weighted by Gasteiger charge is 2.41. The Bertz CT molecular complexity index is 332. The van der Waals surface area contributed by atoms with Gasteiger partial charge in [-0.25, -0.2) is 0 Å². The summed E-state index contributed by atoms with van der Waals surface area (Å²) in [6.07, 6.45) is 3.34. The van der Waals surface area contributed by atoms with Crippen LogP contribution in [-0.2, 0) is 6.42 Å². The van der Waals surface area contributed by atoms with Crippen LogP contribution in [0.4, 0.5) is 0 Å². The van der Waals surface area contributed by atoms with Gasteiger partial charge in [0, 0.05) is 23.6 Å². The van der Waals surface area contributed by atoms with Gasteiger partial charge in [0.25, 0.3) is 0 Å². The smallest absolute Gasteiger partial charge is 0.0499 e. The molecule has 0 aromatic heterocycles. The van der Waals surface area contributed by atoms with Crippen molar-refractivity contribution in [1.82, 2.24) is 5.32 Å². The molecule has 2 N–H and O–H groups in total. The van der Waals surface area contributed by atoms with E-state index in [0.29, 0.717) is 6.61 Å². The summed E-state index contributed by atoms with van der Waals surface area (Å²) in [4.78, 5) is 0. The third kappa shape index (κ3) is 3.21. The molecule has 88 valence electrons. The van der Waals surface area contributed by atoms with E-state index in [9.17, 15) is 0 Å². The number of halogens is 1. The minimum atomic E-state index is 0.208. The van der Waals surface area contributed by atoms with Gasteiger partial charge in [0.2, 0.25) is 0 Å². The Morgan fingerprint density at radius 3 is 2.50 bits per heavy atom. The van der Waals surface area contributed by atoms with Gasteiger partial charge < -0.3 is 10.4 Å². The molecule has 2 rings (SSSR count). The maximum absolute atomic E-state index is 9.15. The fourth-order valence-electron chi connectivity index (χ4n) is 1.80. The van der Waals surface area contributed by atoms with Gasteiger partial charge in [0.15, 0.2) is 0 Å². The predicted octanol–water partition coefficient (Wildman–Crippen LogP) is 2.24. The van der Waals surface area contributed by atoms with Crippen LogP contribution in [-0.4, -0.2) is 24.8 Å². The molecule has 0 atom stereocenters. The highest BCUT2D eigenvalue weighted by molar-refractivity contribution is 6.30. The molecule has 1 aromatic carbocycles. The van der Waals surface area contributed by atoms with Crippen molar-refractivity contribution in [2.24, 2.45) is 5.41 Å². The number of aliphatic hydroxyl groups is 1. The quantitative estimate of drug-likeness (QED) is 0.747. The summed E-state index contributed by atoms with van der Waals surface area (Å²) < 4.78 is 0. The Morgan fingerprint density at radius 1 is 1.25 bits per heavy atom. The molecule has 0 aliphatic heterocycles. The van der Waals surface area contributed by atoms with E-state index in [0.717, 1.165) is 37.4 Å². The predicted molar refractivity (Wildman–Crippen MR) is 66.8 cm³/mol. The average Bonchev–Trinajstić information content (AvgIpc) is 3.08. The summed E-state index contributed by atoms with van der Waals surface area (Å²) in [7, 11) is 0. The molecule has 3 heteroatoms. The van der Waals surface area contributed by atoms with Gasteiger partial charge >= 0.3 is 0 Å². The summed E-state index contributed by atoms with van der Waals surface area (Å²) in [5.41, 5.74) is 1.51. The number of benzene rings is 1. The molecule has 0 heterocycles. The van der Waals surface area contributed by atoms with Gasteiger partial charge in [-0.1, -0.05) is 23.7 Å². The van der Waals surface area contributed by atoms with Crippen LogP contribution in [0.15, 0.2) is 24.3 Å². The van der Waals surface area contributed by atoms with Gasteiger partial charge in [-0.3, -0.25) is 0 Å². The van der Waals surface area contributed by atoms with Gasteiger partial charge in [0.1, 0.15) is 0 Å². The summed E-state index contributed by atoms with van der Waals surface area (Å²) >= 11 is 5.82. The Hall–Kier alpha value is -0.570. The first kappa shape index (κ1) is 11.9. The summed E-state index contributed by atoms with van der Waals surface area (Å²) in [5, 5.41) is 13.3. The Balaban J connectivity index is 1.66. The maximum Gasteiger partial charge on any atom is 0.0499 e. The molecule has 1 aromatic rings. The SMILES string of the molecule is OCC1(CNCCc2ccc(Cl)cc2)CC1. The van der Waals surface area contributed by atoms with Crippen LogP contribution in [0.5, 0.6) is 0 Å². The molecule has 0 unspecified atom stereocenters. The first-order chi connectivity index (χ1) is 7.74. The summed E-state index contributed by atoms with van der Waals surface area (Å²) in [6, 6.07) is 7.96. The lowest BCUT2D eigenvalue weighted by molar-refractivity contribution is 0.208. The fraction of sp³-hybridized carbons (Fsp3) is 0.538. The molecule has 0 bridgehead atoms. The third-order valence-electron chi connectivity index (χ3n) is 3.30. The number of hydrogen-bond donors (Lipinski definition) is 2. The minimum Gasteiger partial charge on any atom is -0.396 e. The maximum atomic E-state index is 9.15. The molecule has 1 aliphatic carbocycles. The minimum absolute atomic E-state index is 0.208. The molecule has 0 saturated heterocycles. The highest BCUT2D eigenvalue weighted by Crippen LogP contribution is 2.44. The summed E-state index contributed by atoms with van der Waals surface area (Å²) in [6.45, 7) is 2.22. The lowest BCUT2D eigenvalue weighted by Gasteiger charge is -2.12. The molecule has 16 heavy (non-hydrogen) atoms. The van der Waals surface area contributed by atoms with Crippen molar-refractivity contribution in [2.75, 3.05) is 19.7 Å². The standard InChI is InChI=1S/C13H18ClNO/c14-12-3-1-11(2-4-12)5-8-15-9-13(10-16)6-7-13/h1-4,15-16H,5-10H2. The number of aliphatic hydroxyl groups excluding tert-OH is 1. The Labute approximate surface area is 102 Å². The zero-order valence-corrected chi connectivity index (χ0v) is 10.1. The average molecular weight is 240 g/mol. The lowest BCUT2D eigenvalue weighted by atomic mass is 10.1. The zero-order chi connectivity index (χ0) is 11.4. The van der Waals surface area contributed by atoms with Crippen LogP contribution in [0, 0.1) is 5.41 Å².